The molecule has 3 fully saturated rings. The van der Waals surface area contributed by atoms with Gasteiger partial charge in [-0.2, -0.15) is 9.97 Å². The van der Waals surface area contributed by atoms with Crippen LogP contribution in [0.2, 0.25) is 0 Å². The molecule has 0 aliphatic carbocycles. The molecule has 2 aromatic carbocycles. The van der Waals surface area contributed by atoms with Gasteiger partial charge >= 0.3 is 6.01 Å². The molecule has 3 aromatic rings. The van der Waals surface area contributed by atoms with E-state index in [0.29, 0.717) is 37.3 Å². The van der Waals surface area contributed by atoms with Gasteiger partial charge in [0.05, 0.1) is 12.2 Å². The predicted molar refractivity (Wildman–Crippen MR) is 154 cm³/mol. The van der Waals surface area contributed by atoms with E-state index in [1.807, 2.05) is 24.3 Å². The number of ether oxygens (including phenoxy) is 1. The lowest BCUT2D eigenvalue weighted by atomic mass is 9.99. The maximum absolute atomic E-state index is 10.6. The number of terminal acetylenes is 1. The van der Waals surface area contributed by atoms with Crippen molar-refractivity contribution >= 4 is 22.3 Å². The molecule has 1 aromatic heterocycles. The molecule has 2 bridgehead atoms. The zero-order chi connectivity index (χ0) is 26.5. The fourth-order valence-corrected chi connectivity index (χ4v) is 7.01. The Bertz CT molecular complexity index is 1440. The quantitative estimate of drug-likeness (QED) is 0.493. The minimum absolute atomic E-state index is 0.238. The first-order chi connectivity index (χ1) is 19.1. The van der Waals surface area contributed by atoms with E-state index in [4.69, 9.17) is 21.1 Å². The van der Waals surface area contributed by atoms with Crippen LogP contribution in [0, 0.1) is 12.3 Å². The summed E-state index contributed by atoms with van der Waals surface area (Å²) < 4.78 is 6.30. The lowest BCUT2D eigenvalue weighted by Crippen LogP contribution is -2.52. The molecule has 8 nitrogen and oxygen atoms in total. The van der Waals surface area contributed by atoms with Crippen molar-refractivity contribution in [2.24, 2.45) is 0 Å². The third-order valence-electron chi connectivity index (χ3n) is 9.05. The molecular formula is C31H36N6O2. The Kier molecular flexibility index (Phi) is 6.21. The van der Waals surface area contributed by atoms with E-state index in [9.17, 15) is 5.11 Å². The van der Waals surface area contributed by atoms with Crippen LogP contribution in [-0.4, -0.2) is 77.9 Å². The number of nitrogens with zero attached hydrogens (tertiary/aromatic N) is 5. The number of likely N-dealkylation sites (tertiary alicyclic amines) is 1. The Morgan fingerprint density at radius 3 is 2.72 bits per heavy atom. The smallest absolute Gasteiger partial charge is 0.318 e. The molecule has 4 aliphatic rings. The number of rotatable bonds is 5. The van der Waals surface area contributed by atoms with Crippen LogP contribution in [0.3, 0.4) is 0 Å². The number of anilines is 2. The van der Waals surface area contributed by atoms with Gasteiger partial charge in [0.1, 0.15) is 18.2 Å². The van der Waals surface area contributed by atoms with E-state index in [1.165, 1.54) is 24.8 Å². The molecule has 0 amide bonds. The van der Waals surface area contributed by atoms with Crippen LogP contribution in [-0.2, 0) is 13.0 Å². The zero-order valence-corrected chi connectivity index (χ0v) is 22.6. The van der Waals surface area contributed by atoms with Crippen LogP contribution in [0.5, 0.6) is 11.8 Å². The summed E-state index contributed by atoms with van der Waals surface area (Å²) in [7, 11) is 2.17. The first-order valence-electron chi connectivity index (χ1n) is 14.3. The molecule has 39 heavy (non-hydrogen) atoms. The van der Waals surface area contributed by atoms with Crippen LogP contribution in [0.1, 0.15) is 42.5 Å². The fourth-order valence-electron chi connectivity index (χ4n) is 7.01. The molecule has 3 atom stereocenters. The topological polar surface area (TPSA) is 77.0 Å². The molecule has 0 saturated carbocycles. The predicted octanol–water partition coefficient (Wildman–Crippen LogP) is 3.29. The Hall–Kier alpha value is -3.54. The number of benzene rings is 2. The Labute approximate surface area is 230 Å². The van der Waals surface area contributed by atoms with Crippen molar-refractivity contribution in [3.63, 3.8) is 0 Å². The van der Waals surface area contributed by atoms with Crippen molar-refractivity contribution in [3.8, 4) is 24.1 Å². The zero-order valence-electron chi connectivity index (χ0n) is 22.6. The van der Waals surface area contributed by atoms with E-state index in [1.54, 1.807) is 6.07 Å². The number of phenols is 1. The summed E-state index contributed by atoms with van der Waals surface area (Å²) in [5.74, 6) is 4.12. The van der Waals surface area contributed by atoms with Crippen molar-refractivity contribution < 1.29 is 9.84 Å². The molecule has 2 N–H and O–H groups in total. The van der Waals surface area contributed by atoms with Gasteiger partial charge in [-0.3, -0.25) is 0 Å². The van der Waals surface area contributed by atoms with E-state index in [-0.39, 0.29) is 5.75 Å². The molecule has 8 heteroatoms. The van der Waals surface area contributed by atoms with Crippen LogP contribution in [0.4, 0.5) is 11.5 Å². The van der Waals surface area contributed by atoms with Crippen molar-refractivity contribution in [1.29, 1.82) is 0 Å². The first kappa shape index (κ1) is 24.5. The highest BCUT2D eigenvalue weighted by Crippen LogP contribution is 2.38. The summed E-state index contributed by atoms with van der Waals surface area (Å²) in [6, 6.07) is 11.4. The second kappa shape index (κ2) is 9.89. The average Bonchev–Trinajstić information content (AvgIpc) is 3.52. The van der Waals surface area contributed by atoms with Crippen molar-refractivity contribution in [1.82, 2.24) is 20.2 Å². The molecule has 5 heterocycles. The van der Waals surface area contributed by atoms with Crippen molar-refractivity contribution in [2.45, 2.75) is 56.8 Å². The van der Waals surface area contributed by atoms with Crippen LogP contribution < -0.4 is 19.9 Å². The molecule has 4 aliphatic heterocycles. The molecule has 7 rings (SSSR count). The van der Waals surface area contributed by atoms with E-state index < -0.39 is 0 Å². The van der Waals surface area contributed by atoms with Gasteiger partial charge in [-0.1, -0.05) is 18.1 Å². The Morgan fingerprint density at radius 1 is 1.10 bits per heavy atom. The second-order valence-corrected chi connectivity index (χ2v) is 11.6. The van der Waals surface area contributed by atoms with Gasteiger partial charge in [-0.15, -0.1) is 6.42 Å². The van der Waals surface area contributed by atoms with Crippen LogP contribution in [0.15, 0.2) is 30.3 Å². The second-order valence-electron chi connectivity index (χ2n) is 11.6. The summed E-state index contributed by atoms with van der Waals surface area (Å²) in [4.78, 5) is 17.2. The summed E-state index contributed by atoms with van der Waals surface area (Å²) in [5, 5.41) is 16.2. The van der Waals surface area contributed by atoms with Gasteiger partial charge in [0, 0.05) is 66.0 Å². The van der Waals surface area contributed by atoms with Gasteiger partial charge in [-0.25, -0.2) is 0 Å². The number of phenolic OH excluding ortho intramolecular Hbond substituents is 1. The van der Waals surface area contributed by atoms with E-state index in [2.05, 4.69) is 33.0 Å². The standard InChI is InChI=1S/C31H36N6O2/c1-3-20-6-4-7-21-14-25(38)15-28(29(20)21)36-13-11-26-27(18-36)33-31(39-19-24-8-5-12-35(24)2)34-30(26)37-16-22-9-10-23(17-37)32-22/h1,4,6-7,14-15,22-24,32,38H,5,8-13,16-19H2,2H3/t22?,23?,24-/m0/s1. The van der Waals surface area contributed by atoms with Crippen molar-refractivity contribution in [2.75, 3.05) is 49.6 Å². The maximum atomic E-state index is 10.6. The van der Waals surface area contributed by atoms with E-state index >= 15 is 0 Å². The summed E-state index contributed by atoms with van der Waals surface area (Å²) in [5.41, 5.74) is 4.00. The molecule has 3 saturated heterocycles. The van der Waals surface area contributed by atoms with Gasteiger partial charge in [0.2, 0.25) is 0 Å². The first-order valence-corrected chi connectivity index (χ1v) is 14.3. The highest BCUT2D eigenvalue weighted by molar-refractivity contribution is 6.00. The maximum Gasteiger partial charge on any atom is 0.318 e. The van der Waals surface area contributed by atoms with Crippen LogP contribution >= 0.6 is 0 Å². The lowest BCUT2D eigenvalue weighted by molar-refractivity contribution is 0.187. The normalized spacial score (nSPS) is 24.7. The SMILES string of the molecule is C#Cc1cccc2cc(O)cc(N3CCc4c(nc(OC[C@@H]5CCCN5C)nc4N4CC5CCC(C4)N5)C3)c12. The number of hydrogen-bond acceptors (Lipinski definition) is 8. The fraction of sp³-hybridized carbons (Fsp3) is 0.484. The average molecular weight is 525 g/mol. The number of aromatic nitrogens is 2. The third kappa shape index (κ3) is 4.54. The van der Waals surface area contributed by atoms with E-state index in [0.717, 1.165) is 72.6 Å². The summed E-state index contributed by atoms with van der Waals surface area (Å²) in [6.07, 6.45) is 11.5. The molecule has 202 valence electrons. The lowest BCUT2D eigenvalue weighted by Gasteiger charge is -2.37. The number of hydrogen-bond donors (Lipinski definition) is 2. The summed E-state index contributed by atoms with van der Waals surface area (Å²) in [6.45, 7) is 5.07. The summed E-state index contributed by atoms with van der Waals surface area (Å²) >= 11 is 0. The highest BCUT2D eigenvalue weighted by atomic mass is 16.5. The van der Waals surface area contributed by atoms with Gasteiger partial charge in [0.25, 0.3) is 0 Å². The van der Waals surface area contributed by atoms with Crippen LogP contribution in [0.25, 0.3) is 10.8 Å². The number of piperazine rings is 1. The minimum Gasteiger partial charge on any atom is -0.508 e. The number of fused-ring (bicyclic) bond motifs is 4. The third-order valence-corrected chi connectivity index (χ3v) is 9.05. The Morgan fingerprint density at radius 2 is 1.95 bits per heavy atom. The monoisotopic (exact) mass is 524 g/mol. The number of aromatic hydroxyl groups is 1. The molecule has 0 radical (unpaired) electrons. The Balaban J connectivity index is 1.25. The molecular weight excluding hydrogens is 488 g/mol. The molecule has 2 unspecified atom stereocenters. The minimum atomic E-state index is 0.238. The van der Waals surface area contributed by atoms with Gasteiger partial charge < -0.3 is 29.9 Å². The molecule has 0 spiro atoms. The largest absolute Gasteiger partial charge is 0.508 e. The van der Waals surface area contributed by atoms with Gasteiger partial charge in [-0.05, 0) is 63.2 Å². The number of likely N-dealkylation sites (N-methyl/N-ethyl adjacent to an activating group) is 1. The van der Waals surface area contributed by atoms with Crippen molar-refractivity contribution in [3.05, 3.63) is 47.2 Å². The number of nitrogens with one attached hydrogen (secondary N) is 1. The highest BCUT2D eigenvalue weighted by Gasteiger charge is 2.35. The van der Waals surface area contributed by atoms with Gasteiger partial charge in [0.15, 0.2) is 0 Å².